The average Bonchev–Trinajstić information content (AvgIpc) is 2.71. The van der Waals surface area contributed by atoms with Crippen LogP contribution in [0, 0.1) is 0 Å². The molecule has 0 spiro atoms. The Hall–Kier alpha value is -1.07. The lowest BCUT2D eigenvalue weighted by molar-refractivity contribution is -0.0450. The second-order valence-electron chi connectivity index (χ2n) is 5.73. The van der Waals surface area contributed by atoms with Gasteiger partial charge in [0.25, 0.3) is 0 Å². The maximum atomic E-state index is 9.77. The van der Waals surface area contributed by atoms with E-state index in [1.54, 1.807) is 0 Å². The summed E-state index contributed by atoms with van der Waals surface area (Å²) in [5.41, 5.74) is -0.222. The van der Waals surface area contributed by atoms with Crippen LogP contribution in [-0.2, 0) is 4.74 Å². The van der Waals surface area contributed by atoms with Crippen molar-refractivity contribution >= 4 is 5.82 Å². The fourth-order valence-electron chi connectivity index (χ4n) is 1.35. The van der Waals surface area contributed by atoms with Crippen LogP contribution in [-0.4, -0.2) is 39.7 Å². The molecule has 1 heterocycles. The predicted molar refractivity (Wildman–Crippen MR) is 72.8 cm³/mol. The summed E-state index contributed by atoms with van der Waals surface area (Å²) < 4.78 is 7.38. The van der Waals surface area contributed by atoms with Crippen molar-refractivity contribution in [2.24, 2.45) is 0 Å². The third-order valence-electron chi connectivity index (χ3n) is 2.36. The number of rotatable bonds is 6. The second kappa shape index (κ2) is 6.20. The molecule has 5 nitrogen and oxygen atoms in total. The zero-order chi connectivity index (χ0) is 13.8. The van der Waals surface area contributed by atoms with Crippen molar-refractivity contribution in [2.75, 3.05) is 18.5 Å². The molecule has 0 aliphatic rings. The summed E-state index contributed by atoms with van der Waals surface area (Å²) in [6, 6.07) is 2.24. The smallest absolute Gasteiger partial charge is 0.148 e. The zero-order valence-corrected chi connectivity index (χ0v) is 12.0. The first kappa shape index (κ1) is 15.0. The molecule has 2 N–H and O–H groups in total. The normalized spacial score (nSPS) is 13.9. The zero-order valence-electron chi connectivity index (χ0n) is 12.0. The van der Waals surface area contributed by atoms with Crippen molar-refractivity contribution in [3.63, 3.8) is 0 Å². The molecule has 0 aliphatic heterocycles. The van der Waals surface area contributed by atoms with Crippen LogP contribution in [0.5, 0.6) is 0 Å². The maximum Gasteiger partial charge on any atom is 0.148 e. The van der Waals surface area contributed by atoms with E-state index in [1.807, 2.05) is 37.7 Å². The van der Waals surface area contributed by atoms with E-state index >= 15 is 0 Å². The molecule has 1 rings (SSSR count). The quantitative estimate of drug-likeness (QED) is 0.817. The molecule has 0 saturated carbocycles. The van der Waals surface area contributed by atoms with Crippen LogP contribution in [0.3, 0.4) is 0 Å². The molecule has 18 heavy (non-hydrogen) atoms. The summed E-state index contributed by atoms with van der Waals surface area (Å²) in [6.07, 6.45) is 1.39. The Labute approximate surface area is 109 Å². The van der Waals surface area contributed by atoms with Crippen LogP contribution < -0.4 is 5.32 Å². The Balaban J connectivity index is 2.31. The van der Waals surface area contributed by atoms with Crippen LogP contribution in [0.25, 0.3) is 0 Å². The number of anilines is 1. The molecule has 0 aromatic carbocycles. The van der Waals surface area contributed by atoms with Crippen LogP contribution in [0.15, 0.2) is 12.3 Å². The Morgan fingerprint density at radius 1 is 1.44 bits per heavy atom. The highest BCUT2D eigenvalue weighted by Gasteiger charge is 2.13. The minimum absolute atomic E-state index is 0.222. The van der Waals surface area contributed by atoms with Gasteiger partial charge >= 0.3 is 0 Å². The van der Waals surface area contributed by atoms with E-state index in [0.717, 1.165) is 5.82 Å². The van der Waals surface area contributed by atoms with Crippen molar-refractivity contribution in [2.45, 2.75) is 52.4 Å². The van der Waals surface area contributed by atoms with Crippen LogP contribution >= 0.6 is 0 Å². The topological polar surface area (TPSA) is 59.3 Å². The van der Waals surface area contributed by atoms with E-state index < -0.39 is 6.10 Å². The van der Waals surface area contributed by atoms with Crippen molar-refractivity contribution < 1.29 is 9.84 Å². The third kappa shape index (κ3) is 5.51. The van der Waals surface area contributed by atoms with Gasteiger partial charge in [0.05, 0.1) is 18.3 Å². The lowest BCUT2D eigenvalue weighted by atomic mass is 10.2. The lowest BCUT2D eigenvalue weighted by Crippen LogP contribution is -2.30. The first-order valence-electron chi connectivity index (χ1n) is 6.39. The van der Waals surface area contributed by atoms with Gasteiger partial charge < -0.3 is 15.2 Å². The lowest BCUT2D eigenvalue weighted by Gasteiger charge is -2.22. The molecule has 1 aromatic rings. The molecule has 1 unspecified atom stereocenters. The van der Waals surface area contributed by atoms with Gasteiger partial charge in [-0.3, -0.25) is 4.68 Å². The number of nitrogens with one attached hydrogen (secondary N) is 1. The number of ether oxygens (including phenoxy) is 1. The first-order chi connectivity index (χ1) is 8.28. The fraction of sp³-hybridized carbons (Fsp3) is 0.769. The van der Waals surface area contributed by atoms with Gasteiger partial charge in [0.1, 0.15) is 5.82 Å². The minimum atomic E-state index is -0.534. The van der Waals surface area contributed by atoms with Crippen LogP contribution in [0.4, 0.5) is 5.82 Å². The van der Waals surface area contributed by atoms with Crippen molar-refractivity contribution in [3.8, 4) is 0 Å². The Morgan fingerprint density at radius 2 is 2.11 bits per heavy atom. The van der Waals surface area contributed by atoms with E-state index in [4.69, 9.17) is 4.74 Å². The minimum Gasteiger partial charge on any atom is -0.389 e. The summed E-state index contributed by atoms with van der Waals surface area (Å²) in [4.78, 5) is 0. The molecule has 5 heteroatoms. The van der Waals surface area contributed by atoms with Gasteiger partial charge in [-0.2, -0.15) is 5.10 Å². The number of hydrogen-bond acceptors (Lipinski definition) is 4. The van der Waals surface area contributed by atoms with E-state index in [0.29, 0.717) is 19.2 Å². The number of hydrogen-bond donors (Lipinski definition) is 2. The fourth-order valence-corrected chi connectivity index (χ4v) is 1.35. The van der Waals surface area contributed by atoms with E-state index in [2.05, 4.69) is 24.3 Å². The molecule has 0 amide bonds. The molecule has 0 radical (unpaired) electrons. The van der Waals surface area contributed by atoms with Gasteiger partial charge in [-0.05, 0) is 34.6 Å². The summed E-state index contributed by atoms with van der Waals surface area (Å²) in [6.45, 7) is 10.8. The van der Waals surface area contributed by atoms with Crippen molar-refractivity contribution in [1.29, 1.82) is 0 Å². The van der Waals surface area contributed by atoms with Gasteiger partial charge in [-0.1, -0.05) is 0 Å². The molecule has 1 atom stereocenters. The predicted octanol–water partition coefficient (Wildman–Crippen LogP) is 2.05. The van der Waals surface area contributed by atoms with E-state index in [-0.39, 0.29) is 5.60 Å². The molecule has 0 aliphatic carbocycles. The third-order valence-corrected chi connectivity index (χ3v) is 2.36. The SMILES string of the molecule is CC(C)n1ccc(NCC(O)COC(C)(C)C)n1. The highest BCUT2D eigenvalue weighted by Crippen LogP contribution is 2.09. The number of aromatic nitrogens is 2. The maximum absolute atomic E-state index is 9.77. The molecule has 0 bridgehead atoms. The van der Waals surface area contributed by atoms with E-state index in [9.17, 15) is 5.11 Å². The summed E-state index contributed by atoms with van der Waals surface area (Å²) >= 11 is 0. The monoisotopic (exact) mass is 255 g/mol. The molecular formula is C13H25N3O2. The van der Waals surface area contributed by atoms with Gasteiger partial charge in [-0.15, -0.1) is 0 Å². The average molecular weight is 255 g/mol. The molecule has 0 saturated heterocycles. The Bertz CT molecular complexity index is 355. The van der Waals surface area contributed by atoms with Crippen LogP contribution in [0.2, 0.25) is 0 Å². The van der Waals surface area contributed by atoms with Gasteiger partial charge in [0.2, 0.25) is 0 Å². The van der Waals surface area contributed by atoms with Gasteiger partial charge in [0, 0.05) is 24.8 Å². The van der Waals surface area contributed by atoms with E-state index in [1.165, 1.54) is 0 Å². The van der Waals surface area contributed by atoms with Gasteiger partial charge in [-0.25, -0.2) is 0 Å². The Morgan fingerprint density at radius 3 is 2.61 bits per heavy atom. The van der Waals surface area contributed by atoms with Gasteiger partial charge in [0.15, 0.2) is 0 Å². The highest BCUT2D eigenvalue weighted by atomic mass is 16.5. The number of aliphatic hydroxyl groups excluding tert-OH is 1. The summed E-state index contributed by atoms with van der Waals surface area (Å²) in [5.74, 6) is 0.776. The van der Waals surface area contributed by atoms with Crippen molar-refractivity contribution in [1.82, 2.24) is 9.78 Å². The van der Waals surface area contributed by atoms with Crippen LogP contribution in [0.1, 0.15) is 40.7 Å². The summed E-state index contributed by atoms with van der Waals surface area (Å²) in [5, 5.41) is 17.2. The van der Waals surface area contributed by atoms with Crippen molar-refractivity contribution in [3.05, 3.63) is 12.3 Å². The molecule has 1 aromatic heterocycles. The number of nitrogens with zero attached hydrogens (tertiary/aromatic N) is 2. The first-order valence-corrected chi connectivity index (χ1v) is 6.39. The standard InChI is InChI=1S/C13H25N3O2/c1-10(2)16-7-6-12(15-16)14-8-11(17)9-18-13(3,4)5/h6-7,10-11,17H,8-9H2,1-5H3,(H,14,15). The summed E-state index contributed by atoms with van der Waals surface area (Å²) in [7, 11) is 0. The molecule has 0 fully saturated rings. The highest BCUT2D eigenvalue weighted by molar-refractivity contribution is 5.32. The number of aliphatic hydroxyl groups is 1. The molecule has 104 valence electrons. The Kier molecular flexibility index (Phi) is 5.16. The second-order valence-corrected chi connectivity index (χ2v) is 5.73. The molecular weight excluding hydrogens is 230 g/mol. The largest absolute Gasteiger partial charge is 0.389 e.